The first-order chi connectivity index (χ1) is 8.35. The molecule has 1 aliphatic rings. The Balaban J connectivity index is 2.93. The third-order valence-corrected chi connectivity index (χ3v) is 6.20. The lowest BCUT2D eigenvalue weighted by atomic mass is 9.95. The second kappa shape index (κ2) is 6.56. The minimum atomic E-state index is -3.08. The van der Waals surface area contributed by atoms with Gasteiger partial charge < -0.3 is 10.5 Å². The summed E-state index contributed by atoms with van der Waals surface area (Å²) in [5, 5.41) is -0.429. The van der Waals surface area contributed by atoms with E-state index in [1.54, 1.807) is 18.9 Å². The first-order valence-corrected chi connectivity index (χ1v) is 9.18. The average molecular weight is 296 g/mol. The maximum Gasteiger partial charge on any atom is 0.164 e. The SMILES string of the molecule is COCCC(C)(CN)N1CCSCC1S(C)(=O)=O. The van der Waals surface area contributed by atoms with E-state index in [1.165, 1.54) is 6.26 Å². The molecular weight excluding hydrogens is 272 g/mol. The zero-order chi connectivity index (χ0) is 13.8. The molecular formula is C11H24N2O3S2. The van der Waals surface area contributed by atoms with Crippen LogP contribution in [0.15, 0.2) is 0 Å². The molecule has 108 valence electrons. The van der Waals surface area contributed by atoms with Crippen LogP contribution in [0.5, 0.6) is 0 Å². The van der Waals surface area contributed by atoms with Crippen molar-refractivity contribution < 1.29 is 13.2 Å². The largest absolute Gasteiger partial charge is 0.385 e. The summed E-state index contributed by atoms with van der Waals surface area (Å²) in [4.78, 5) is 2.05. The molecule has 5 nitrogen and oxygen atoms in total. The van der Waals surface area contributed by atoms with Gasteiger partial charge in [0.2, 0.25) is 0 Å². The van der Waals surface area contributed by atoms with Gasteiger partial charge in [0.05, 0.1) is 0 Å². The number of ether oxygens (including phenoxy) is 1. The van der Waals surface area contributed by atoms with E-state index in [1.807, 2.05) is 6.92 Å². The van der Waals surface area contributed by atoms with Gasteiger partial charge in [-0.05, 0) is 13.3 Å². The van der Waals surface area contributed by atoms with Crippen LogP contribution in [-0.4, -0.2) is 68.8 Å². The third-order valence-electron chi connectivity index (χ3n) is 3.56. The Morgan fingerprint density at radius 1 is 1.56 bits per heavy atom. The standard InChI is InChI=1S/C11H24N2O3S2/c1-11(9-12,4-6-16-2)13-5-7-17-8-10(13)18(3,14)15/h10H,4-9,12H2,1-3H3. The molecule has 2 unspecified atom stereocenters. The van der Waals surface area contributed by atoms with Crippen LogP contribution in [-0.2, 0) is 14.6 Å². The topological polar surface area (TPSA) is 72.6 Å². The molecule has 7 heteroatoms. The summed E-state index contributed by atoms with van der Waals surface area (Å²) in [7, 11) is -1.43. The van der Waals surface area contributed by atoms with Crippen LogP contribution in [0.1, 0.15) is 13.3 Å². The zero-order valence-electron chi connectivity index (χ0n) is 11.4. The fourth-order valence-electron chi connectivity index (χ4n) is 2.24. The summed E-state index contributed by atoms with van der Waals surface area (Å²) < 4.78 is 28.9. The lowest BCUT2D eigenvalue weighted by molar-refractivity contribution is 0.0652. The molecule has 0 aliphatic carbocycles. The number of sulfone groups is 1. The Labute approximate surface area is 114 Å². The Morgan fingerprint density at radius 3 is 2.72 bits per heavy atom. The minimum Gasteiger partial charge on any atom is -0.385 e. The van der Waals surface area contributed by atoms with E-state index in [-0.39, 0.29) is 5.54 Å². The quantitative estimate of drug-likeness (QED) is 0.753. The van der Waals surface area contributed by atoms with Gasteiger partial charge in [-0.25, -0.2) is 8.42 Å². The first kappa shape index (κ1) is 16.2. The van der Waals surface area contributed by atoms with Gasteiger partial charge in [0.15, 0.2) is 9.84 Å². The van der Waals surface area contributed by atoms with E-state index < -0.39 is 15.2 Å². The molecule has 0 saturated carbocycles. The maximum atomic E-state index is 11.9. The molecule has 0 spiro atoms. The summed E-state index contributed by atoms with van der Waals surface area (Å²) in [6, 6.07) is 0. The molecule has 0 aromatic heterocycles. The van der Waals surface area contributed by atoms with E-state index in [9.17, 15) is 8.42 Å². The summed E-state index contributed by atoms with van der Waals surface area (Å²) >= 11 is 1.69. The first-order valence-electron chi connectivity index (χ1n) is 6.07. The monoisotopic (exact) mass is 296 g/mol. The van der Waals surface area contributed by atoms with Crippen molar-refractivity contribution in [3.05, 3.63) is 0 Å². The predicted molar refractivity (Wildman–Crippen MR) is 76.6 cm³/mol. The van der Waals surface area contributed by atoms with E-state index in [0.29, 0.717) is 18.9 Å². The number of nitrogens with zero attached hydrogens (tertiary/aromatic N) is 1. The van der Waals surface area contributed by atoms with Gasteiger partial charge in [0, 0.05) is 50.1 Å². The van der Waals surface area contributed by atoms with Crippen LogP contribution in [0, 0.1) is 0 Å². The normalized spacial score (nSPS) is 25.9. The molecule has 1 saturated heterocycles. The van der Waals surface area contributed by atoms with Gasteiger partial charge in [0.25, 0.3) is 0 Å². The number of hydrogen-bond acceptors (Lipinski definition) is 6. The summed E-state index contributed by atoms with van der Waals surface area (Å²) in [5.41, 5.74) is 5.57. The molecule has 0 bridgehead atoms. The zero-order valence-corrected chi connectivity index (χ0v) is 13.0. The van der Waals surface area contributed by atoms with Crippen molar-refractivity contribution in [2.45, 2.75) is 24.3 Å². The molecule has 1 rings (SSSR count). The lowest BCUT2D eigenvalue weighted by Gasteiger charge is -2.46. The molecule has 0 aromatic carbocycles. The summed E-state index contributed by atoms with van der Waals surface area (Å²) in [5.74, 6) is 1.58. The molecule has 0 amide bonds. The molecule has 0 aromatic rings. The van der Waals surface area contributed by atoms with E-state index in [0.717, 1.165) is 18.7 Å². The third kappa shape index (κ3) is 3.84. The van der Waals surface area contributed by atoms with Gasteiger partial charge in [0.1, 0.15) is 5.37 Å². The molecule has 2 atom stereocenters. The second-order valence-corrected chi connectivity index (χ2v) is 8.35. The lowest BCUT2D eigenvalue weighted by Crippen LogP contribution is -2.61. The van der Waals surface area contributed by atoms with E-state index in [4.69, 9.17) is 10.5 Å². The number of rotatable bonds is 6. The highest BCUT2D eigenvalue weighted by Crippen LogP contribution is 2.29. The van der Waals surface area contributed by atoms with Crippen LogP contribution < -0.4 is 5.73 Å². The number of methoxy groups -OCH3 is 1. The Bertz CT molecular complexity index is 361. The van der Waals surface area contributed by atoms with Crippen molar-refractivity contribution in [3.63, 3.8) is 0 Å². The van der Waals surface area contributed by atoms with Crippen molar-refractivity contribution in [3.8, 4) is 0 Å². The Hall–Kier alpha value is 0.180. The molecule has 2 N–H and O–H groups in total. The van der Waals surface area contributed by atoms with Gasteiger partial charge in [-0.1, -0.05) is 0 Å². The van der Waals surface area contributed by atoms with E-state index >= 15 is 0 Å². The number of nitrogens with two attached hydrogens (primary N) is 1. The van der Waals surface area contributed by atoms with Crippen LogP contribution in [0.2, 0.25) is 0 Å². The van der Waals surface area contributed by atoms with Gasteiger partial charge in [-0.3, -0.25) is 4.90 Å². The van der Waals surface area contributed by atoms with Crippen molar-refractivity contribution >= 4 is 21.6 Å². The van der Waals surface area contributed by atoms with Gasteiger partial charge in [-0.15, -0.1) is 0 Å². The average Bonchev–Trinajstić information content (AvgIpc) is 2.35. The fourth-order valence-corrected chi connectivity index (χ4v) is 5.21. The molecule has 1 fully saturated rings. The van der Waals surface area contributed by atoms with Gasteiger partial charge >= 0.3 is 0 Å². The highest BCUT2D eigenvalue weighted by Gasteiger charge is 2.41. The Morgan fingerprint density at radius 2 is 2.22 bits per heavy atom. The number of hydrogen-bond donors (Lipinski definition) is 1. The molecule has 1 aliphatic heterocycles. The van der Waals surface area contributed by atoms with Gasteiger partial charge in [-0.2, -0.15) is 11.8 Å². The van der Waals surface area contributed by atoms with Crippen LogP contribution in [0.3, 0.4) is 0 Å². The van der Waals surface area contributed by atoms with Crippen LogP contribution >= 0.6 is 11.8 Å². The van der Waals surface area contributed by atoms with Crippen molar-refractivity contribution in [1.82, 2.24) is 4.90 Å². The fraction of sp³-hybridized carbons (Fsp3) is 1.00. The Kier molecular flexibility index (Phi) is 5.92. The predicted octanol–water partition coefficient (Wildman–Crippen LogP) is 0.160. The highest BCUT2D eigenvalue weighted by atomic mass is 32.2. The van der Waals surface area contributed by atoms with Crippen molar-refractivity contribution in [2.24, 2.45) is 5.73 Å². The summed E-state index contributed by atoms with van der Waals surface area (Å²) in [6.45, 7) is 3.82. The number of thioether (sulfide) groups is 1. The summed E-state index contributed by atoms with van der Waals surface area (Å²) in [6.07, 6.45) is 2.06. The second-order valence-electron chi connectivity index (χ2n) is 5.00. The molecule has 18 heavy (non-hydrogen) atoms. The smallest absolute Gasteiger partial charge is 0.164 e. The maximum absolute atomic E-state index is 11.9. The van der Waals surface area contributed by atoms with E-state index in [2.05, 4.69) is 4.90 Å². The van der Waals surface area contributed by atoms with Crippen LogP contribution in [0.25, 0.3) is 0 Å². The highest BCUT2D eigenvalue weighted by molar-refractivity contribution is 8.00. The minimum absolute atomic E-state index is 0.315. The van der Waals surface area contributed by atoms with Crippen molar-refractivity contribution in [2.75, 3.05) is 44.6 Å². The van der Waals surface area contributed by atoms with Crippen molar-refractivity contribution in [1.29, 1.82) is 0 Å². The molecule has 0 radical (unpaired) electrons. The van der Waals surface area contributed by atoms with Crippen LogP contribution in [0.4, 0.5) is 0 Å². The molecule has 1 heterocycles.